The molecule has 0 bridgehead atoms. The molecule has 0 radical (unpaired) electrons. The van der Waals surface area contributed by atoms with E-state index in [-0.39, 0.29) is 38.1 Å². The van der Waals surface area contributed by atoms with Crippen molar-refractivity contribution in [1.82, 2.24) is 10.2 Å². The molecular weight excluding hydrogens is 541 g/mol. The first-order valence-corrected chi connectivity index (χ1v) is 15.5. The quantitative estimate of drug-likeness (QED) is 0.273. The number of benzene rings is 3. The summed E-state index contributed by atoms with van der Waals surface area (Å²) in [5.41, 5.74) is 7.88. The van der Waals surface area contributed by atoms with E-state index in [1.54, 1.807) is 54.6 Å². The SMILES string of the molecule is C[C@H](N)C(=O)N1CCC[C@]1(C(=O)O)P(=O)(CC(Cc1ccccc1)NC(=O)c1ccccc1)OCc1ccccc1. The molecule has 2 unspecified atom stereocenters. The Morgan fingerprint density at radius 3 is 2.10 bits per heavy atom. The summed E-state index contributed by atoms with van der Waals surface area (Å²) in [5, 5.41) is 11.5. The second-order valence-corrected chi connectivity index (χ2v) is 13.1. The zero-order valence-electron chi connectivity index (χ0n) is 23.0. The summed E-state index contributed by atoms with van der Waals surface area (Å²) in [6.45, 7) is 1.43. The zero-order valence-corrected chi connectivity index (χ0v) is 23.9. The summed E-state index contributed by atoms with van der Waals surface area (Å²) in [7, 11) is -4.27. The van der Waals surface area contributed by atoms with E-state index in [0.29, 0.717) is 17.5 Å². The van der Waals surface area contributed by atoms with Crippen LogP contribution in [0.25, 0.3) is 0 Å². The van der Waals surface area contributed by atoms with Gasteiger partial charge in [0, 0.05) is 24.3 Å². The number of rotatable bonds is 12. The predicted octanol–water partition coefficient (Wildman–Crippen LogP) is 4.27. The van der Waals surface area contributed by atoms with Crippen LogP contribution >= 0.6 is 7.37 Å². The van der Waals surface area contributed by atoms with E-state index in [1.165, 1.54) is 6.92 Å². The highest BCUT2D eigenvalue weighted by Crippen LogP contribution is 2.65. The van der Waals surface area contributed by atoms with Crippen molar-refractivity contribution in [2.75, 3.05) is 12.7 Å². The Labute approximate surface area is 240 Å². The molecule has 0 aliphatic carbocycles. The maximum Gasteiger partial charge on any atom is 0.339 e. The van der Waals surface area contributed by atoms with Gasteiger partial charge >= 0.3 is 5.97 Å². The van der Waals surface area contributed by atoms with Gasteiger partial charge in [-0.25, -0.2) is 4.79 Å². The van der Waals surface area contributed by atoms with Gasteiger partial charge in [-0.05, 0) is 49.4 Å². The van der Waals surface area contributed by atoms with Crippen LogP contribution in [0.4, 0.5) is 0 Å². The van der Waals surface area contributed by atoms with Gasteiger partial charge in [0.25, 0.3) is 5.91 Å². The lowest BCUT2D eigenvalue weighted by atomic mass is 10.1. The van der Waals surface area contributed by atoms with E-state index in [1.807, 2.05) is 36.4 Å². The van der Waals surface area contributed by atoms with Crippen LogP contribution in [-0.2, 0) is 31.7 Å². The minimum Gasteiger partial charge on any atom is -0.479 e. The number of carbonyl (C=O) groups is 3. The van der Waals surface area contributed by atoms with Crippen molar-refractivity contribution in [2.24, 2.45) is 5.73 Å². The lowest BCUT2D eigenvalue weighted by Crippen LogP contribution is -2.57. The fourth-order valence-corrected chi connectivity index (χ4v) is 8.47. The summed E-state index contributed by atoms with van der Waals surface area (Å²) in [6, 6.07) is 25.2. The monoisotopic (exact) mass is 577 g/mol. The molecule has 1 fully saturated rings. The van der Waals surface area contributed by atoms with Crippen molar-refractivity contribution in [1.29, 1.82) is 0 Å². The normalized spacial score (nSPS) is 19.6. The highest BCUT2D eigenvalue weighted by molar-refractivity contribution is 7.61. The first-order chi connectivity index (χ1) is 19.7. The van der Waals surface area contributed by atoms with Crippen molar-refractivity contribution in [3.05, 3.63) is 108 Å². The molecule has 3 aromatic rings. The first kappa shape index (κ1) is 30.2. The number of aliphatic carboxylic acids is 1. The molecule has 41 heavy (non-hydrogen) atoms. The number of hydrogen-bond donors (Lipinski definition) is 3. The molecule has 1 heterocycles. The van der Waals surface area contributed by atoms with Crippen molar-refractivity contribution >= 4 is 25.2 Å². The molecule has 2 amide bonds. The molecule has 4 atom stereocenters. The lowest BCUT2D eigenvalue weighted by Gasteiger charge is -2.42. The van der Waals surface area contributed by atoms with Crippen LogP contribution in [0, 0.1) is 0 Å². The third kappa shape index (κ3) is 6.76. The Balaban J connectivity index is 1.77. The maximum atomic E-state index is 15.2. The van der Waals surface area contributed by atoms with Crippen LogP contribution in [0.3, 0.4) is 0 Å². The Morgan fingerprint density at radius 1 is 0.976 bits per heavy atom. The molecule has 4 rings (SSSR count). The van der Waals surface area contributed by atoms with Gasteiger partial charge < -0.3 is 25.6 Å². The van der Waals surface area contributed by atoms with Crippen LogP contribution < -0.4 is 11.1 Å². The second kappa shape index (κ2) is 13.3. The highest BCUT2D eigenvalue weighted by Gasteiger charge is 2.63. The van der Waals surface area contributed by atoms with Gasteiger partial charge in [-0.1, -0.05) is 78.9 Å². The summed E-state index contributed by atoms with van der Waals surface area (Å²) in [4.78, 5) is 40.7. The van der Waals surface area contributed by atoms with E-state index in [0.717, 1.165) is 10.5 Å². The van der Waals surface area contributed by atoms with Crippen LogP contribution in [0.2, 0.25) is 0 Å². The second-order valence-electron chi connectivity index (χ2n) is 10.3. The van der Waals surface area contributed by atoms with Crippen LogP contribution in [-0.4, -0.2) is 57.9 Å². The average molecular weight is 578 g/mol. The van der Waals surface area contributed by atoms with Crippen LogP contribution in [0.1, 0.15) is 41.3 Å². The number of nitrogens with zero attached hydrogens (tertiary/aromatic N) is 1. The molecule has 1 aliphatic rings. The van der Waals surface area contributed by atoms with Crippen LogP contribution in [0.5, 0.6) is 0 Å². The molecule has 1 saturated heterocycles. The van der Waals surface area contributed by atoms with Crippen molar-refractivity contribution in [3.8, 4) is 0 Å². The fraction of sp³-hybridized carbons (Fsp3) is 0.323. The smallest absolute Gasteiger partial charge is 0.339 e. The number of nitrogens with two attached hydrogens (primary N) is 1. The number of amides is 2. The Bertz CT molecular complexity index is 1390. The van der Waals surface area contributed by atoms with E-state index in [9.17, 15) is 19.5 Å². The zero-order chi connectivity index (χ0) is 29.5. The third-order valence-corrected chi connectivity index (χ3v) is 10.6. The molecule has 3 aromatic carbocycles. The highest BCUT2D eigenvalue weighted by atomic mass is 31.2. The van der Waals surface area contributed by atoms with Gasteiger partial charge in [-0.3, -0.25) is 14.2 Å². The summed E-state index contributed by atoms with van der Waals surface area (Å²) in [5.74, 6) is -2.41. The van der Waals surface area contributed by atoms with E-state index in [4.69, 9.17) is 10.3 Å². The minimum atomic E-state index is -4.27. The van der Waals surface area contributed by atoms with E-state index < -0.39 is 36.6 Å². The number of hydrogen-bond acceptors (Lipinski definition) is 6. The van der Waals surface area contributed by atoms with Gasteiger partial charge in [0.2, 0.25) is 18.6 Å². The number of carboxylic acids is 1. The summed E-state index contributed by atoms with van der Waals surface area (Å²) >= 11 is 0. The molecule has 0 spiro atoms. The first-order valence-electron chi connectivity index (χ1n) is 13.6. The molecule has 4 N–H and O–H groups in total. The van der Waals surface area contributed by atoms with Gasteiger partial charge in [-0.15, -0.1) is 0 Å². The predicted molar refractivity (Wildman–Crippen MR) is 157 cm³/mol. The average Bonchev–Trinajstić information content (AvgIpc) is 3.44. The van der Waals surface area contributed by atoms with Crippen molar-refractivity contribution < 1.29 is 28.6 Å². The van der Waals surface area contributed by atoms with Gasteiger partial charge in [0.1, 0.15) is 0 Å². The summed E-state index contributed by atoms with van der Waals surface area (Å²) in [6.07, 6.45) is 0.234. The minimum absolute atomic E-state index is 0.0580. The largest absolute Gasteiger partial charge is 0.479 e. The Morgan fingerprint density at radius 2 is 1.54 bits per heavy atom. The fourth-order valence-electron chi connectivity index (χ4n) is 5.34. The van der Waals surface area contributed by atoms with Crippen LogP contribution in [0.15, 0.2) is 91.0 Å². The molecule has 10 heteroatoms. The van der Waals surface area contributed by atoms with Crippen molar-refractivity contribution in [2.45, 2.75) is 50.2 Å². The number of nitrogens with one attached hydrogen (secondary N) is 1. The molecule has 9 nitrogen and oxygen atoms in total. The van der Waals surface area contributed by atoms with Gasteiger partial charge in [0.15, 0.2) is 0 Å². The molecule has 0 saturated carbocycles. The third-order valence-electron chi connectivity index (χ3n) is 7.35. The number of carbonyl (C=O) groups excluding carboxylic acids is 2. The Hall–Kier alpha value is -3.78. The number of carboxylic acid groups (broad SMARTS) is 1. The molecule has 1 aliphatic heterocycles. The van der Waals surface area contributed by atoms with Gasteiger partial charge in [-0.2, -0.15) is 0 Å². The summed E-state index contributed by atoms with van der Waals surface area (Å²) < 4.78 is 21.4. The molecular formula is C31H36N3O6P. The standard InChI is InChI=1S/C31H36N3O6P/c1-23(32)29(36)34-19-11-18-31(34,30(37)38)41(39,40-21-25-14-7-3-8-15-25)22-27(20-24-12-5-2-6-13-24)33-28(35)26-16-9-4-10-17-26/h2-10,12-17,23,27H,11,18-22,32H2,1H3,(H,33,35)(H,37,38)/t23-,27?,31+,41?/m0/s1. The van der Waals surface area contributed by atoms with E-state index in [2.05, 4.69) is 5.32 Å². The van der Waals surface area contributed by atoms with Gasteiger partial charge in [0.05, 0.1) is 12.6 Å². The molecule has 216 valence electrons. The van der Waals surface area contributed by atoms with E-state index >= 15 is 4.57 Å². The topological polar surface area (TPSA) is 139 Å². The van der Waals surface area contributed by atoms with Crippen molar-refractivity contribution in [3.63, 3.8) is 0 Å². The Kier molecular flexibility index (Phi) is 9.76. The number of likely N-dealkylation sites (tertiary alicyclic amines) is 1. The lowest BCUT2D eigenvalue weighted by molar-refractivity contribution is -0.152. The maximum absolute atomic E-state index is 15.2. The molecule has 0 aromatic heterocycles.